The summed E-state index contributed by atoms with van der Waals surface area (Å²) < 4.78 is 12.0. The maximum absolute atomic E-state index is 12.6. The fourth-order valence-electron chi connectivity index (χ4n) is 2.33. The Morgan fingerprint density at radius 1 is 1.08 bits per heavy atom. The van der Waals surface area contributed by atoms with Crippen LogP contribution in [0.3, 0.4) is 0 Å². The van der Waals surface area contributed by atoms with E-state index < -0.39 is 0 Å². The molecule has 0 saturated heterocycles. The maximum atomic E-state index is 12.6. The molecule has 1 heterocycles. The van der Waals surface area contributed by atoms with Gasteiger partial charge < -0.3 is 14.8 Å². The molecule has 0 aliphatic heterocycles. The number of ether oxygens (including phenoxy) is 2. The molecule has 0 radical (unpaired) electrons. The van der Waals surface area contributed by atoms with Gasteiger partial charge in [-0.15, -0.1) is 0 Å². The highest BCUT2D eigenvalue weighted by Crippen LogP contribution is 2.36. The smallest absolute Gasteiger partial charge is 0.258 e. The molecule has 0 spiro atoms. The Morgan fingerprint density at radius 2 is 1.77 bits per heavy atom. The van der Waals surface area contributed by atoms with E-state index >= 15 is 0 Å². The number of nitrogens with one attached hydrogen (secondary N) is 1. The first-order valence-corrected chi connectivity index (χ1v) is 8.31. The number of carbonyl (C=O) groups excluding carboxylic acids is 1. The van der Waals surface area contributed by atoms with Crippen LogP contribution >= 0.6 is 23.2 Å². The molecule has 0 saturated carbocycles. The SMILES string of the molecule is COc1cc(NC(=O)c2cnn(-c3ccc(Cl)cc3)c2)c(OC)cc1Cl. The minimum absolute atomic E-state index is 0.340. The Balaban J connectivity index is 1.84. The Bertz CT molecular complexity index is 939. The molecule has 26 heavy (non-hydrogen) atoms. The fraction of sp³-hybridized carbons (Fsp3) is 0.111. The molecule has 0 aliphatic rings. The summed E-state index contributed by atoms with van der Waals surface area (Å²) in [5.74, 6) is 0.516. The van der Waals surface area contributed by atoms with Crippen LogP contribution in [-0.2, 0) is 0 Å². The van der Waals surface area contributed by atoms with E-state index in [9.17, 15) is 4.79 Å². The van der Waals surface area contributed by atoms with Crippen LogP contribution in [0.1, 0.15) is 10.4 Å². The van der Waals surface area contributed by atoms with Crippen molar-refractivity contribution in [3.63, 3.8) is 0 Å². The van der Waals surface area contributed by atoms with Gasteiger partial charge >= 0.3 is 0 Å². The van der Waals surface area contributed by atoms with Gasteiger partial charge in [-0.2, -0.15) is 5.10 Å². The molecule has 0 fully saturated rings. The molecular formula is C18H15Cl2N3O3. The van der Waals surface area contributed by atoms with Gasteiger partial charge in [0.1, 0.15) is 11.5 Å². The van der Waals surface area contributed by atoms with E-state index in [-0.39, 0.29) is 5.91 Å². The van der Waals surface area contributed by atoms with Crippen LogP contribution in [0.15, 0.2) is 48.8 Å². The predicted molar refractivity (Wildman–Crippen MR) is 101 cm³/mol. The largest absolute Gasteiger partial charge is 0.495 e. The molecule has 1 N–H and O–H groups in total. The molecule has 2 aromatic carbocycles. The second-order valence-corrected chi connectivity index (χ2v) is 6.13. The van der Waals surface area contributed by atoms with Crippen molar-refractivity contribution in [3.05, 3.63) is 64.4 Å². The highest BCUT2D eigenvalue weighted by atomic mass is 35.5. The van der Waals surface area contributed by atoms with Crippen LogP contribution < -0.4 is 14.8 Å². The summed E-state index contributed by atoms with van der Waals surface area (Å²) in [5.41, 5.74) is 1.62. The lowest BCUT2D eigenvalue weighted by Gasteiger charge is -2.12. The van der Waals surface area contributed by atoms with Gasteiger partial charge in [-0.05, 0) is 24.3 Å². The summed E-state index contributed by atoms with van der Waals surface area (Å²) in [6.45, 7) is 0. The molecule has 0 atom stereocenters. The number of aromatic nitrogens is 2. The first kappa shape index (κ1) is 18.1. The maximum Gasteiger partial charge on any atom is 0.258 e. The van der Waals surface area contributed by atoms with E-state index in [4.69, 9.17) is 32.7 Å². The molecule has 0 bridgehead atoms. The van der Waals surface area contributed by atoms with Gasteiger partial charge in [-0.25, -0.2) is 4.68 Å². The first-order chi connectivity index (χ1) is 12.5. The molecule has 8 heteroatoms. The van der Waals surface area contributed by atoms with Gasteiger partial charge in [0, 0.05) is 23.4 Å². The quantitative estimate of drug-likeness (QED) is 0.697. The van der Waals surface area contributed by atoms with Gasteiger partial charge in [0.15, 0.2) is 0 Å². The Morgan fingerprint density at radius 3 is 2.42 bits per heavy atom. The average molecular weight is 392 g/mol. The third kappa shape index (κ3) is 3.76. The van der Waals surface area contributed by atoms with E-state index in [1.807, 2.05) is 12.1 Å². The van der Waals surface area contributed by atoms with Crippen molar-refractivity contribution in [1.82, 2.24) is 9.78 Å². The zero-order valence-corrected chi connectivity index (χ0v) is 15.5. The van der Waals surface area contributed by atoms with Gasteiger partial charge in [-0.1, -0.05) is 23.2 Å². The zero-order valence-electron chi connectivity index (χ0n) is 14.0. The van der Waals surface area contributed by atoms with Crippen LogP contribution in [0.5, 0.6) is 11.5 Å². The number of hydrogen-bond donors (Lipinski definition) is 1. The van der Waals surface area contributed by atoms with Gasteiger partial charge in [0.2, 0.25) is 0 Å². The van der Waals surface area contributed by atoms with Crippen molar-refractivity contribution in [3.8, 4) is 17.2 Å². The number of methoxy groups -OCH3 is 2. The van der Waals surface area contributed by atoms with Gasteiger partial charge in [-0.3, -0.25) is 4.79 Å². The monoisotopic (exact) mass is 391 g/mol. The van der Waals surface area contributed by atoms with Crippen LogP contribution in [0.2, 0.25) is 10.0 Å². The lowest BCUT2D eigenvalue weighted by Crippen LogP contribution is -2.12. The second kappa shape index (κ2) is 7.68. The van der Waals surface area contributed by atoms with Crippen molar-refractivity contribution in [1.29, 1.82) is 0 Å². The number of nitrogens with zero attached hydrogens (tertiary/aromatic N) is 2. The molecule has 0 unspecified atom stereocenters. The van der Waals surface area contributed by atoms with E-state index in [2.05, 4.69) is 10.4 Å². The van der Waals surface area contributed by atoms with Gasteiger partial charge in [0.25, 0.3) is 5.91 Å². The molecule has 3 aromatic rings. The highest BCUT2D eigenvalue weighted by Gasteiger charge is 2.15. The number of hydrogen-bond acceptors (Lipinski definition) is 4. The predicted octanol–water partition coefficient (Wildman–Crippen LogP) is 4.45. The van der Waals surface area contributed by atoms with E-state index in [1.54, 1.807) is 35.1 Å². The summed E-state index contributed by atoms with van der Waals surface area (Å²) in [6.07, 6.45) is 3.10. The molecule has 3 rings (SSSR count). The summed E-state index contributed by atoms with van der Waals surface area (Å²) in [5, 5.41) is 8.00. The number of halogens is 2. The third-order valence-corrected chi connectivity index (χ3v) is 4.21. The van der Waals surface area contributed by atoms with Crippen molar-refractivity contribution < 1.29 is 14.3 Å². The standard InChI is InChI=1S/C18H15Cl2N3O3/c1-25-16-8-15(17(26-2)7-14(16)20)22-18(24)11-9-21-23(10-11)13-5-3-12(19)4-6-13/h3-10H,1-2H3,(H,22,24). The first-order valence-electron chi connectivity index (χ1n) is 7.55. The summed E-state index contributed by atoms with van der Waals surface area (Å²) in [4.78, 5) is 12.6. The molecule has 6 nitrogen and oxygen atoms in total. The summed E-state index contributed by atoms with van der Waals surface area (Å²) in [6, 6.07) is 10.3. The second-order valence-electron chi connectivity index (χ2n) is 5.29. The van der Waals surface area contributed by atoms with Gasteiger partial charge in [0.05, 0.1) is 42.4 Å². The molecular weight excluding hydrogens is 377 g/mol. The fourth-order valence-corrected chi connectivity index (χ4v) is 2.68. The van der Waals surface area contributed by atoms with Crippen molar-refractivity contribution in [2.24, 2.45) is 0 Å². The van der Waals surface area contributed by atoms with Crippen molar-refractivity contribution >= 4 is 34.8 Å². The van der Waals surface area contributed by atoms with E-state index in [0.717, 1.165) is 5.69 Å². The van der Waals surface area contributed by atoms with Crippen LogP contribution in [0, 0.1) is 0 Å². The van der Waals surface area contributed by atoms with Crippen molar-refractivity contribution in [2.45, 2.75) is 0 Å². The average Bonchev–Trinajstić information content (AvgIpc) is 3.13. The normalized spacial score (nSPS) is 10.5. The van der Waals surface area contributed by atoms with E-state index in [0.29, 0.717) is 32.8 Å². The van der Waals surface area contributed by atoms with Crippen molar-refractivity contribution in [2.75, 3.05) is 19.5 Å². The number of amides is 1. The summed E-state index contributed by atoms with van der Waals surface area (Å²) in [7, 11) is 2.99. The molecule has 134 valence electrons. The Kier molecular flexibility index (Phi) is 5.35. The van der Waals surface area contributed by atoms with Crippen LogP contribution in [0.25, 0.3) is 5.69 Å². The zero-order chi connectivity index (χ0) is 18.7. The third-order valence-electron chi connectivity index (χ3n) is 3.66. The number of benzene rings is 2. The highest BCUT2D eigenvalue weighted by molar-refractivity contribution is 6.32. The molecule has 1 amide bonds. The molecule has 1 aromatic heterocycles. The minimum atomic E-state index is -0.340. The number of rotatable bonds is 5. The minimum Gasteiger partial charge on any atom is -0.495 e. The van der Waals surface area contributed by atoms with E-state index in [1.165, 1.54) is 20.4 Å². The Labute approximate surface area is 160 Å². The number of carbonyl (C=O) groups is 1. The topological polar surface area (TPSA) is 65.4 Å². The lowest BCUT2D eigenvalue weighted by molar-refractivity contribution is 0.102. The van der Waals surface area contributed by atoms with Crippen LogP contribution in [0.4, 0.5) is 5.69 Å². The number of anilines is 1. The molecule has 0 aliphatic carbocycles. The van der Waals surface area contributed by atoms with Crippen LogP contribution in [-0.4, -0.2) is 29.9 Å². The summed E-state index contributed by atoms with van der Waals surface area (Å²) >= 11 is 12.0. The Hall–Kier alpha value is -2.70. The lowest BCUT2D eigenvalue weighted by atomic mass is 10.2.